The Morgan fingerprint density at radius 3 is 2.88 bits per heavy atom. The Labute approximate surface area is 96.1 Å². The van der Waals surface area contributed by atoms with Crippen molar-refractivity contribution in [1.82, 2.24) is 4.98 Å². The number of ether oxygens (including phenoxy) is 1. The fraction of sp³-hybridized carbons (Fsp3) is 0.556. The maximum atomic E-state index is 11.4. The van der Waals surface area contributed by atoms with E-state index in [-0.39, 0.29) is 17.2 Å². The summed E-state index contributed by atoms with van der Waals surface area (Å²) in [5.41, 5.74) is 1.35. The summed E-state index contributed by atoms with van der Waals surface area (Å²) in [5.74, 6) is -0.650. The summed E-state index contributed by atoms with van der Waals surface area (Å²) in [6.45, 7) is 1.26. The van der Waals surface area contributed by atoms with Crippen LogP contribution in [0.3, 0.4) is 0 Å². The first kappa shape index (κ1) is 13.0. The Morgan fingerprint density at radius 1 is 1.62 bits per heavy atom. The summed E-state index contributed by atoms with van der Waals surface area (Å²) in [4.78, 5) is 15.4. The maximum absolute atomic E-state index is 11.4. The summed E-state index contributed by atoms with van der Waals surface area (Å²) in [7, 11) is 0. The van der Waals surface area contributed by atoms with Gasteiger partial charge in [-0.25, -0.2) is 9.78 Å². The van der Waals surface area contributed by atoms with Crippen LogP contribution < -0.4 is 0 Å². The highest BCUT2D eigenvalue weighted by molar-refractivity contribution is 7.10. The fourth-order valence-electron chi connectivity index (χ4n) is 1.09. The number of carbonyl (C=O) groups excluding carboxylic acids is 1. The van der Waals surface area contributed by atoms with Crippen molar-refractivity contribution in [1.29, 1.82) is 0 Å². The van der Waals surface area contributed by atoms with Crippen LogP contribution in [0.15, 0.2) is 5.51 Å². The van der Waals surface area contributed by atoms with E-state index in [4.69, 9.17) is 9.84 Å². The first-order valence-electron chi connectivity index (χ1n) is 4.69. The second kappa shape index (κ2) is 5.90. The third-order valence-electron chi connectivity index (χ3n) is 1.88. The lowest BCUT2D eigenvalue weighted by atomic mass is 10.1. The molecule has 1 aromatic heterocycles. The minimum Gasteiger partial charge on any atom is -0.461 e. The third-order valence-corrected chi connectivity index (χ3v) is 2.78. The van der Waals surface area contributed by atoms with E-state index in [1.54, 1.807) is 6.92 Å². The molecule has 6 nitrogen and oxygen atoms in total. The van der Waals surface area contributed by atoms with Crippen LogP contribution >= 0.6 is 11.3 Å². The number of aliphatic hydroxyl groups excluding tert-OH is 3. The van der Waals surface area contributed by atoms with Crippen molar-refractivity contribution >= 4 is 17.3 Å². The van der Waals surface area contributed by atoms with Crippen LogP contribution in [0.25, 0.3) is 0 Å². The van der Waals surface area contributed by atoms with E-state index < -0.39 is 24.8 Å². The van der Waals surface area contributed by atoms with E-state index >= 15 is 0 Å². The molecule has 1 rings (SSSR count). The maximum Gasteiger partial charge on any atom is 0.358 e. The zero-order chi connectivity index (χ0) is 12.1. The van der Waals surface area contributed by atoms with Gasteiger partial charge in [-0.05, 0) is 6.92 Å². The molecule has 0 saturated carbocycles. The Kier molecular flexibility index (Phi) is 4.81. The zero-order valence-corrected chi connectivity index (χ0v) is 9.48. The molecule has 0 radical (unpaired) electrons. The number of nitrogens with zero attached hydrogens (tertiary/aromatic N) is 1. The lowest BCUT2D eigenvalue weighted by molar-refractivity contribution is -0.0143. The normalized spacial score (nSPS) is 14.5. The highest BCUT2D eigenvalue weighted by atomic mass is 32.1. The molecule has 90 valence electrons. The Hall–Kier alpha value is -1.02. The predicted octanol–water partition coefficient (Wildman–Crippen LogP) is -0.294. The monoisotopic (exact) mass is 247 g/mol. The molecule has 16 heavy (non-hydrogen) atoms. The van der Waals surface area contributed by atoms with Gasteiger partial charge in [-0.2, -0.15) is 0 Å². The largest absolute Gasteiger partial charge is 0.461 e. The van der Waals surface area contributed by atoms with Crippen molar-refractivity contribution in [3.05, 3.63) is 16.1 Å². The molecule has 1 heterocycles. The topological polar surface area (TPSA) is 99.9 Å². The van der Waals surface area contributed by atoms with Crippen LogP contribution in [0.5, 0.6) is 0 Å². The average Bonchev–Trinajstić information content (AvgIpc) is 2.76. The van der Waals surface area contributed by atoms with Gasteiger partial charge in [-0.15, -0.1) is 11.3 Å². The van der Waals surface area contributed by atoms with Gasteiger partial charge in [-0.1, -0.05) is 0 Å². The minimum atomic E-state index is -1.34. The van der Waals surface area contributed by atoms with Crippen molar-refractivity contribution in [2.75, 3.05) is 13.2 Å². The lowest BCUT2D eigenvalue weighted by Crippen LogP contribution is -2.23. The van der Waals surface area contributed by atoms with Crippen LogP contribution in [0, 0.1) is 0 Å². The molecule has 0 amide bonds. The summed E-state index contributed by atoms with van der Waals surface area (Å²) < 4.78 is 4.74. The van der Waals surface area contributed by atoms with Gasteiger partial charge in [0, 0.05) is 0 Å². The standard InChI is InChI=1S/C9H13NO5S/c1-2-15-9(14)6-8(16-4-10-6)7(13)5(12)3-11/h4-5,7,11-13H,2-3H2,1H3. The molecule has 3 N–H and O–H groups in total. The molecule has 0 aliphatic heterocycles. The number of thiazole rings is 1. The molecule has 0 saturated heterocycles. The number of aliphatic hydroxyl groups is 3. The quantitative estimate of drug-likeness (QED) is 0.618. The summed E-state index contributed by atoms with van der Waals surface area (Å²) in [6.07, 6.45) is -2.68. The van der Waals surface area contributed by atoms with Gasteiger partial charge in [0.1, 0.15) is 12.2 Å². The van der Waals surface area contributed by atoms with Gasteiger partial charge < -0.3 is 20.1 Å². The van der Waals surface area contributed by atoms with Crippen LogP contribution in [-0.2, 0) is 4.74 Å². The molecule has 0 fully saturated rings. The van der Waals surface area contributed by atoms with E-state index in [1.807, 2.05) is 0 Å². The van der Waals surface area contributed by atoms with Gasteiger partial charge in [0.05, 0.1) is 23.6 Å². The van der Waals surface area contributed by atoms with Crippen LogP contribution in [0.4, 0.5) is 0 Å². The lowest BCUT2D eigenvalue weighted by Gasteiger charge is -2.14. The van der Waals surface area contributed by atoms with Crippen LogP contribution in [-0.4, -0.2) is 45.6 Å². The Morgan fingerprint density at radius 2 is 2.31 bits per heavy atom. The predicted molar refractivity (Wildman–Crippen MR) is 56.1 cm³/mol. The molecule has 0 aromatic carbocycles. The number of aromatic nitrogens is 1. The number of hydrogen-bond acceptors (Lipinski definition) is 7. The molecular weight excluding hydrogens is 234 g/mol. The highest BCUT2D eigenvalue weighted by Crippen LogP contribution is 2.25. The number of rotatable bonds is 5. The summed E-state index contributed by atoms with van der Waals surface area (Å²) >= 11 is 1.02. The van der Waals surface area contributed by atoms with E-state index in [0.29, 0.717) is 0 Å². The first-order valence-corrected chi connectivity index (χ1v) is 5.57. The smallest absolute Gasteiger partial charge is 0.358 e. The van der Waals surface area contributed by atoms with Crippen molar-refractivity contribution in [2.24, 2.45) is 0 Å². The van der Waals surface area contributed by atoms with Gasteiger partial charge in [-0.3, -0.25) is 0 Å². The number of esters is 1. The molecule has 0 bridgehead atoms. The highest BCUT2D eigenvalue weighted by Gasteiger charge is 2.26. The molecule has 2 unspecified atom stereocenters. The van der Waals surface area contributed by atoms with E-state index in [2.05, 4.69) is 4.98 Å². The van der Waals surface area contributed by atoms with Crippen molar-refractivity contribution in [3.63, 3.8) is 0 Å². The fourth-order valence-corrected chi connectivity index (χ4v) is 1.91. The van der Waals surface area contributed by atoms with Crippen LogP contribution in [0.1, 0.15) is 28.4 Å². The number of carbonyl (C=O) groups is 1. The molecular formula is C9H13NO5S. The van der Waals surface area contributed by atoms with Crippen molar-refractivity contribution in [3.8, 4) is 0 Å². The van der Waals surface area contributed by atoms with E-state index in [9.17, 15) is 15.0 Å². The molecule has 0 aliphatic carbocycles. The first-order chi connectivity index (χ1) is 7.61. The van der Waals surface area contributed by atoms with Gasteiger partial charge >= 0.3 is 5.97 Å². The molecule has 2 atom stereocenters. The molecule has 0 aliphatic rings. The van der Waals surface area contributed by atoms with E-state index in [1.165, 1.54) is 5.51 Å². The zero-order valence-electron chi connectivity index (χ0n) is 8.66. The van der Waals surface area contributed by atoms with Crippen molar-refractivity contribution < 1.29 is 24.9 Å². The van der Waals surface area contributed by atoms with Gasteiger partial charge in [0.25, 0.3) is 0 Å². The molecule has 7 heteroatoms. The van der Waals surface area contributed by atoms with E-state index in [0.717, 1.165) is 11.3 Å². The van der Waals surface area contributed by atoms with Gasteiger partial charge in [0.2, 0.25) is 0 Å². The summed E-state index contributed by atoms with van der Waals surface area (Å²) in [5, 5.41) is 27.6. The third kappa shape index (κ3) is 2.76. The van der Waals surface area contributed by atoms with Gasteiger partial charge in [0.15, 0.2) is 5.69 Å². The number of hydrogen-bond donors (Lipinski definition) is 3. The summed E-state index contributed by atoms with van der Waals surface area (Å²) in [6, 6.07) is 0. The average molecular weight is 247 g/mol. The minimum absolute atomic E-state index is 0.0214. The second-order valence-electron chi connectivity index (χ2n) is 2.98. The second-order valence-corrected chi connectivity index (χ2v) is 3.87. The Balaban J connectivity index is 2.89. The van der Waals surface area contributed by atoms with Crippen LogP contribution in [0.2, 0.25) is 0 Å². The SMILES string of the molecule is CCOC(=O)c1ncsc1C(O)C(O)CO. The molecule has 0 spiro atoms. The molecule has 1 aromatic rings. The Bertz CT molecular complexity index is 353. The van der Waals surface area contributed by atoms with Crippen molar-refractivity contribution in [2.45, 2.75) is 19.1 Å².